The van der Waals surface area contributed by atoms with Crippen LogP contribution < -0.4 is 0 Å². The van der Waals surface area contributed by atoms with Gasteiger partial charge in [-0.1, -0.05) is 30.9 Å². The van der Waals surface area contributed by atoms with Crippen LogP contribution in [-0.2, 0) is 19.1 Å². The van der Waals surface area contributed by atoms with Crippen LogP contribution in [-0.4, -0.2) is 25.2 Å². The fourth-order valence-electron chi connectivity index (χ4n) is 1.42. The van der Waals surface area contributed by atoms with E-state index in [1.54, 1.807) is 13.8 Å². The minimum Gasteiger partial charge on any atom is -0.465 e. The van der Waals surface area contributed by atoms with Crippen molar-refractivity contribution in [3.8, 4) is 0 Å². The van der Waals surface area contributed by atoms with Crippen LogP contribution in [0.25, 0.3) is 0 Å². The Hall–Kier alpha value is -1.84. The number of ether oxygens (including phenoxy) is 2. The SMILES string of the molecule is C=CC(=C)CC(C=C)(C(=O)OCC)C(=O)OCC. The van der Waals surface area contributed by atoms with Crippen molar-refractivity contribution in [3.05, 3.63) is 37.5 Å². The van der Waals surface area contributed by atoms with Crippen molar-refractivity contribution >= 4 is 11.9 Å². The Bertz CT molecular complexity index is 337. The highest BCUT2D eigenvalue weighted by molar-refractivity contribution is 6.02. The number of carbonyl (C=O) groups excluding carboxylic acids is 2. The number of hydrogen-bond acceptors (Lipinski definition) is 4. The van der Waals surface area contributed by atoms with Gasteiger partial charge in [-0.15, -0.1) is 6.58 Å². The highest BCUT2D eigenvalue weighted by Gasteiger charge is 2.46. The maximum atomic E-state index is 12.0. The number of rotatable bonds is 8. The third-order valence-electron chi connectivity index (χ3n) is 2.42. The Morgan fingerprint density at radius 2 is 1.56 bits per heavy atom. The van der Waals surface area contributed by atoms with Crippen LogP contribution in [0.2, 0.25) is 0 Å². The van der Waals surface area contributed by atoms with Crippen LogP contribution in [0.3, 0.4) is 0 Å². The first-order chi connectivity index (χ1) is 8.48. The van der Waals surface area contributed by atoms with Gasteiger partial charge in [-0.3, -0.25) is 9.59 Å². The smallest absolute Gasteiger partial charge is 0.327 e. The summed E-state index contributed by atoms with van der Waals surface area (Å²) < 4.78 is 9.85. The van der Waals surface area contributed by atoms with Gasteiger partial charge in [0.15, 0.2) is 5.41 Å². The van der Waals surface area contributed by atoms with E-state index in [2.05, 4.69) is 19.7 Å². The molecule has 0 aromatic rings. The molecule has 18 heavy (non-hydrogen) atoms. The van der Waals surface area contributed by atoms with Crippen LogP contribution in [0.4, 0.5) is 0 Å². The number of allylic oxidation sites excluding steroid dienone is 2. The molecule has 0 heterocycles. The molecule has 0 aromatic heterocycles. The Morgan fingerprint density at radius 3 is 1.83 bits per heavy atom. The Balaban J connectivity index is 5.37. The molecule has 100 valence electrons. The summed E-state index contributed by atoms with van der Waals surface area (Å²) in [5.74, 6) is -1.36. The molecule has 0 aliphatic rings. The van der Waals surface area contributed by atoms with E-state index in [0.717, 1.165) is 0 Å². The Morgan fingerprint density at radius 1 is 1.11 bits per heavy atom. The summed E-state index contributed by atoms with van der Waals surface area (Å²) in [5.41, 5.74) is -1.01. The van der Waals surface area contributed by atoms with E-state index in [0.29, 0.717) is 5.57 Å². The van der Waals surface area contributed by atoms with Gasteiger partial charge >= 0.3 is 11.9 Å². The predicted molar refractivity (Wildman–Crippen MR) is 69.9 cm³/mol. The van der Waals surface area contributed by atoms with Gasteiger partial charge in [0.1, 0.15) is 0 Å². The molecule has 0 spiro atoms. The van der Waals surface area contributed by atoms with Crippen molar-refractivity contribution in [2.24, 2.45) is 5.41 Å². The number of carbonyl (C=O) groups is 2. The molecular weight excluding hydrogens is 232 g/mol. The quantitative estimate of drug-likeness (QED) is 0.288. The monoisotopic (exact) mass is 252 g/mol. The molecule has 0 fully saturated rings. The fourth-order valence-corrected chi connectivity index (χ4v) is 1.42. The normalized spacial score (nSPS) is 10.3. The second-order valence-corrected chi connectivity index (χ2v) is 3.66. The molecule has 0 saturated heterocycles. The van der Waals surface area contributed by atoms with E-state index in [1.165, 1.54) is 12.2 Å². The van der Waals surface area contributed by atoms with Crippen molar-refractivity contribution in [1.82, 2.24) is 0 Å². The molecule has 0 amide bonds. The summed E-state index contributed by atoms with van der Waals surface area (Å²) in [7, 11) is 0. The van der Waals surface area contributed by atoms with Gasteiger partial charge in [-0.05, 0) is 13.8 Å². The second kappa shape index (κ2) is 7.48. The summed E-state index contributed by atoms with van der Waals surface area (Å²) in [6, 6.07) is 0. The summed E-state index contributed by atoms with van der Waals surface area (Å²) in [5, 5.41) is 0. The summed E-state index contributed by atoms with van der Waals surface area (Å²) >= 11 is 0. The zero-order chi connectivity index (χ0) is 14.2. The van der Waals surface area contributed by atoms with Gasteiger partial charge in [0.25, 0.3) is 0 Å². The minimum atomic E-state index is -1.54. The molecule has 0 aliphatic heterocycles. The minimum absolute atomic E-state index is 0.0532. The maximum Gasteiger partial charge on any atom is 0.327 e. The van der Waals surface area contributed by atoms with E-state index in [4.69, 9.17) is 9.47 Å². The Kier molecular flexibility index (Phi) is 6.71. The average molecular weight is 252 g/mol. The summed E-state index contributed by atoms with van der Waals surface area (Å²) in [6.45, 7) is 14.5. The highest BCUT2D eigenvalue weighted by atomic mass is 16.6. The lowest BCUT2D eigenvalue weighted by molar-refractivity contribution is -0.167. The third-order valence-corrected chi connectivity index (χ3v) is 2.42. The van der Waals surface area contributed by atoms with E-state index in [1.807, 2.05) is 0 Å². The van der Waals surface area contributed by atoms with Crippen molar-refractivity contribution in [3.63, 3.8) is 0 Å². The van der Waals surface area contributed by atoms with Gasteiger partial charge < -0.3 is 9.47 Å². The molecule has 0 aliphatic carbocycles. The first-order valence-electron chi connectivity index (χ1n) is 5.76. The second-order valence-electron chi connectivity index (χ2n) is 3.66. The van der Waals surface area contributed by atoms with E-state index in [9.17, 15) is 9.59 Å². The lowest BCUT2D eigenvalue weighted by Crippen LogP contribution is -2.40. The van der Waals surface area contributed by atoms with E-state index < -0.39 is 17.4 Å². The number of esters is 2. The van der Waals surface area contributed by atoms with E-state index >= 15 is 0 Å². The molecule has 0 atom stereocenters. The molecule has 0 radical (unpaired) electrons. The lowest BCUT2D eigenvalue weighted by atomic mass is 9.81. The zero-order valence-electron chi connectivity index (χ0n) is 11.0. The molecule has 4 nitrogen and oxygen atoms in total. The molecule has 0 bridgehead atoms. The van der Waals surface area contributed by atoms with Crippen LogP contribution >= 0.6 is 0 Å². The van der Waals surface area contributed by atoms with Gasteiger partial charge in [-0.2, -0.15) is 0 Å². The highest BCUT2D eigenvalue weighted by Crippen LogP contribution is 2.31. The molecule has 0 rings (SSSR count). The van der Waals surface area contributed by atoms with E-state index in [-0.39, 0.29) is 19.6 Å². The van der Waals surface area contributed by atoms with Gasteiger partial charge in [0.2, 0.25) is 0 Å². The standard InChI is InChI=1S/C14H20O4/c1-6-11(5)10-14(7-2,12(15)17-8-3)13(16)18-9-4/h6-7H,1-2,5,8-10H2,3-4H3. The molecule has 0 N–H and O–H groups in total. The first kappa shape index (κ1) is 16.2. The largest absolute Gasteiger partial charge is 0.465 e. The molecule has 0 aromatic carbocycles. The summed E-state index contributed by atoms with van der Waals surface area (Å²) in [6.07, 6.45) is 2.78. The van der Waals surface area contributed by atoms with Crippen LogP contribution in [0.15, 0.2) is 37.5 Å². The van der Waals surface area contributed by atoms with Crippen LogP contribution in [0.1, 0.15) is 20.3 Å². The van der Waals surface area contributed by atoms with Gasteiger partial charge in [-0.25, -0.2) is 0 Å². The van der Waals surface area contributed by atoms with Crippen molar-refractivity contribution < 1.29 is 19.1 Å². The molecule has 4 heteroatoms. The number of hydrogen-bond donors (Lipinski definition) is 0. The van der Waals surface area contributed by atoms with Crippen molar-refractivity contribution in [1.29, 1.82) is 0 Å². The van der Waals surface area contributed by atoms with Crippen LogP contribution in [0, 0.1) is 5.41 Å². The van der Waals surface area contributed by atoms with Crippen molar-refractivity contribution in [2.75, 3.05) is 13.2 Å². The Labute approximate surface area is 108 Å². The third kappa shape index (κ3) is 3.58. The van der Waals surface area contributed by atoms with Crippen molar-refractivity contribution in [2.45, 2.75) is 20.3 Å². The molecule has 0 unspecified atom stereocenters. The fraction of sp³-hybridized carbons (Fsp3) is 0.429. The maximum absolute atomic E-state index is 12.0. The predicted octanol–water partition coefficient (Wildman–Crippen LogP) is 2.42. The summed E-state index contributed by atoms with van der Waals surface area (Å²) in [4.78, 5) is 24.0. The lowest BCUT2D eigenvalue weighted by Gasteiger charge is -2.25. The topological polar surface area (TPSA) is 52.6 Å². The zero-order valence-corrected chi connectivity index (χ0v) is 11.0. The molecule has 0 saturated carbocycles. The van der Waals surface area contributed by atoms with Gasteiger partial charge in [0, 0.05) is 6.42 Å². The van der Waals surface area contributed by atoms with Gasteiger partial charge in [0.05, 0.1) is 13.2 Å². The molecular formula is C14H20O4. The first-order valence-corrected chi connectivity index (χ1v) is 5.76. The average Bonchev–Trinajstić information content (AvgIpc) is 2.36. The van der Waals surface area contributed by atoms with Crippen LogP contribution in [0.5, 0.6) is 0 Å².